The van der Waals surface area contributed by atoms with Gasteiger partial charge in [0, 0.05) is 34.4 Å². The van der Waals surface area contributed by atoms with Crippen LogP contribution in [0.2, 0.25) is 0 Å². The van der Waals surface area contributed by atoms with Crippen molar-refractivity contribution in [2.75, 3.05) is 26.4 Å². The minimum Gasteiger partial charge on any atom is -0.493 e. The summed E-state index contributed by atoms with van der Waals surface area (Å²) in [6, 6.07) is 44.9. The molecule has 0 N–H and O–H groups in total. The van der Waals surface area contributed by atoms with E-state index in [2.05, 4.69) is 48.5 Å². The lowest BCUT2D eigenvalue weighted by Crippen LogP contribution is -2.05. The van der Waals surface area contributed by atoms with Crippen LogP contribution in [0.25, 0.3) is 44.5 Å². The predicted molar refractivity (Wildman–Crippen MR) is 199 cm³/mol. The summed E-state index contributed by atoms with van der Waals surface area (Å²) in [5.74, 6) is 3.64. The lowest BCUT2D eigenvalue weighted by atomic mass is 9.91. The summed E-state index contributed by atoms with van der Waals surface area (Å²) in [4.78, 5) is 0. The van der Waals surface area contributed by atoms with Gasteiger partial charge in [0.25, 0.3) is 0 Å². The van der Waals surface area contributed by atoms with Crippen LogP contribution in [0.3, 0.4) is 0 Å². The molecule has 0 aromatic heterocycles. The van der Waals surface area contributed by atoms with Gasteiger partial charge in [0.2, 0.25) is 0 Å². The molecule has 0 atom stereocenters. The molecule has 0 bridgehead atoms. The Labute approximate surface area is 289 Å². The highest BCUT2D eigenvalue weighted by Crippen LogP contribution is 2.55. The van der Waals surface area contributed by atoms with E-state index >= 15 is 0 Å². The molecule has 0 radical (unpaired) electrons. The molecule has 5 heteroatoms. The van der Waals surface area contributed by atoms with E-state index in [4.69, 9.17) is 23.7 Å². The topological polar surface area (TPSA) is 46.2 Å². The van der Waals surface area contributed by atoms with Crippen molar-refractivity contribution in [2.45, 2.75) is 27.7 Å². The third kappa shape index (κ3) is 7.12. The average molecular weight is 651 g/mol. The standard InChI is InChI=1S/C44H42O5/c1-5-45-35-29-37(43(47-7-3)41(33-25-17-11-18-26-33)39(35)31-21-13-9-14-22-31)49-38-30-36(46-6-2)40(32-23-15-10-16-24-32)42(44(38)48-8-4)34-27-19-12-20-28-34/h9-30H,5-8H2,1-4H3. The van der Waals surface area contributed by atoms with Crippen molar-refractivity contribution in [1.29, 1.82) is 0 Å². The molecule has 0 amide bonds. The number of rotatable bonds is 14. The average Bonchev–Trinajstić information content (AvgIpc) is 3.15. The Bertz CT molecular complexity index is 1810. The number of hydrogen-bond acceptors (Lipinski definition) is 5. The maximum absolute atomic E-state index is 7.02. The van der Waals surface area contributed by atoms with Gasteiger partial charge in [0.15, 0.2) is 23.0 Å². The normalized spacial score (nSPS) is 10.8. The van der Waals surface area contributed by atoms with Gasteiger partial charge in [-0.05, 0) is 49.9 Å². The maximum atomic E-state index is 7.02. The van der Waals surface area contributed by atoms with E-state index in [1.165, 1.54) is 0 Å². The van der Waals surface area contributed by atoms with Gasteiger partial charge in [0.1, 0.15) is 11.5 Å². The van der Waals surface area contributed by atoms with E-state index in [1.54, 1.807) is 0 Å². The summed E-state index contributed by atoms with van der Waals surface area (Å²) in [5, 5.41) is 0. The third-order valence-electron chi connectivity index (χ3n) is 8.07. The van der Waals surface area contributed by atoms with Crippen LogP contribution in [0, 0.1) is 0 Å². The van der Waals surface area contributed by atoms with Crippen LogP contribution in [0.1, 0.15) is 27.7 Å². The molecule has 0 saturated heterocycles. The number of benzene rings is 6. The lowest BCUT2D eigenvalue weighted by molar-refractivity contribution is 0.300. The van der Waals surface area contributed by atoms with E-state index in [9.17, 15) is 0 Å². The van der Waals surface area contributed by atoms with Crippen LogP contribution in [0.5, 0.6) is 34.5 Å². The first kappa shape index (κ1) is 33.2. The second-order valence-corrected chi connectivity index (χ2v) is 11.2. The summed E-state index contributed by atoms with van der Waals surface area (Å²) >= 11 is 0. The lowest BCUT2D eigenvalue weighted by Gasteiger charge is -2.25. The van der Waals surface area contributed by atoms with E-state index < -0.39 is 0 Å². The third-order valence-corrected chi connectivity index (χ3v) is 8.07. The fourth-order valence-corrected chi connectivity index (χ4v) is 6.16. The Morgan fingerprint density at radius 3 is 0.898 bits per heavy atom. The van der Waals surface area contributed by atoms with Crippen LogP contribution in [0.4, 0.5) is 0 Å². The summed E-state index contributed by atoms with van der Waals surface area (Å²) < 4.78 is 32.8. The van der Waals surface area contributed by atoms with Crippen molar-refractivity contribution >= 4 is 0 Å². The smallest absolute Gasteiger partial charge is 0.173 e. The molecule has 49 heavy (non-hydrogen) atoms. The Kier molecular flexibility index (Phi) is 10.8. The van der Waals surface area contributed by atoms with Crippen molar-refractivity contribution in [3.05, 3.63) is 133 Å². The van der Waals surface area contributed by atoms with Crippen LogP contribution in [-0.2, 0) is 0 Å². The van der Waals surface area contributed by atoms with Crippen LogP contribution >= 0.6 is 0 Å². The summed E-state index contributed by atoms with van der Waals surface area (Å²) in [6.07, 6.45) is 0. The van der Waals surface area contributed by atoms with Gasteiger partial charge in [-0.2, -0.15) is 0 Å². The molecule has 248 valence electrons. The highest BCUT2D eigenvalue weighted by atomic mass is 16.5. The highest BCUT2D eigenvalue weighted by molar-refractivity contribution is 5.95. The molecule has 0 spiro atoms. The molecule has 0 unspecified atom stereocenters. The Morgan fingerprint density at radius 2 is 0.612 bits per heavy atom. The van der Waals surface area contributed by atoms with Crippen LogP contribution in [-0.4, -0.2) is 26.4 Å². The fraction of sp³-hybridized carbons (Fsp3) is 0.182. The van der Waals surface area contributed by atoms with E-state index in [-0.39, 0.29) is 0 Å². The molecule has 0 aliphatic carbocycles. The first-order chi connectivity index (χ1) is 24.2. The number of hydrogen-bond donors (Lipinski definition) is 0. The van der Waals surface area contributed by atoms with Gasteiger partial charge in [-0.25, -0.2) is 0 Å². The van der Waals surface area contributed by atoms with Gasteiger partial charge in [-0.1, -0.05) is 121 Å². The van der Waals surface area contributed by atoms with Crippen molar-refractivity contribution in [2.24, 2.45) is 0 Å². The second-order valence-electron chi connectivity index (χ2n) is 11.2. The molecular weight excluding hydrogens is 608 g/mol. The molecule has 6 aromatic rings. The molecule has 6 aromatic carbocycles. The van der Waals surface area contributed by atoms with Crippen molar-refractivity contribution < 1.29 is 23.7 Å². The minimum absolute atomic E-state index is 0.434. The SMILES string of the molecule is CCOc1cc(Oc2cc(OCC)c(-c3ccccc3)c(-c3ccccc3)c2OCC)c(OCC)c(-c2ccccc2)c1-c1ccccc1. The van der Waals surface area contributed by atoms with Crippen LogP contribution < -0.4 is 23.7 Å². The molecule has 5 nitrogen and oxygen atoms in total. The van der Waals surface area contributed by atoms with Gasteiger partial charge >= 0.3 is 0 Å². The summed E-state index contributed by atoms with van der Waals surface area (Å²) in [6.45, 7) is 9.77. The first-order valence-electron chi connectivity index (χ1n) is 17.0. The number of ether oxygens (including phenoxy) is 5. The Hall–Kier alpha value is -5.68. The first-order valence-corrected chi connectivity index (χ1v) is 17.0. The molecule has 0 fully saturated rings. The molecule has 0 heterocycles. The Balaban J connectivity index is 1.67. The zero-order chi connectivity index (χ0) is 34.0. The van der Waals surface area contributed by atoms with Crippen molar-refractivity contribution in [3.63, 3.8) is 0 Å². The zero-order valence-corrected chi connectivity index (χ0v) is 28.6. The molecule has 6 rings (SSSR count). The van der Waals surface area contributed by atoms with Crippen LogP contribution in [0.15, 0.2) is 133 Å². The zero-order valence-electron chi connectivity index (χ0n) is 28.6. The summed E-state index contributed by atoms with van der Waals surface area (Å²) in [7, 11) is 0. The maximum Gasteiger partial charge on any atom is 0.173 e. The van der Waals surface area contributed by atoms with Gasteiger partial charge in [-0.15, -0.1) is 0 Å². The molecule has 0 aliphatic heterocycles. The van der Waals surface area contributed by atoms with E-state index in [0.29, 0.717) is 60.9 Å². The van der Waals surface area contributed by atoms with Gasteiger partial charge < -0.3 is 23.7 Å². The van der Waals surface area contributed by atoms with E-state index in [1.807, 2.05) is 113 Å². The second kappa shape index (κ2) is 15.9. The largest absolute Gasteiger partial charge is 0.493 e. The monoisotopic (exact) mass is 650 g/mol. The highest BCUT2D eigenvalue weighted by Gasteiger charge is 2.28. The summed E-state index contributed by atoms with van der Waals surface area (Å²) in [5.41, 5.74) is 7.67. The van der Waals surface area contributed by atoms with Crippen molar-refractivity contribution in [3.8, 4) is 79.0 Å². The molecular formula is C44H42O5. The van der Waals surface area contributed by atoms with E-state index in [0.717, 1.165) is 44.5 Å². The minimum atomic E-state index is 0.434. The quantitative estimate of drug-likeness (QED) is 0.117. The molecule has 0 saturated carbocycles. The van der Waals surface area contributed by atoms with Gasteiger partial charge in [-0.3, -0.25) is 0 Å². The van der Waals surface area contributed by atoms with Crippen molar-refractivity contribution in [1.82, 2.24) is 0 Å². The fourth-order valence-electron chi connectivity index (χ4n) is 6.16. The molecule has 0 aliphatic rings. The predicted octanol–water partition coefficient (Wildman–Crippen LogP) is 11.7. The van der Waals surface area contributed by atoms with Gasteiger partial charge in [0.05, 0.1) is 26.4 Å². The Morgan fingerprint density at radius 1 is 0.327 bits per heavy atom.